The van der Waals surface area contributed by atoms with E-state index in [4.69, 9.17) is 9.72 Å². The third kappa shape index (κ3) is 8.98. The van der Waals surface area contributed by atoms with Gasteiger partial charge in [0.1, 0.15) is 5.82 Å². The summed E-state index contributed by atoms with van der Waals surface area (Å²) >= 11 is 0. The first-order valence-corrected chi connectivity index (χ1v) is 24.6. The number of hydrogen-bond donors (Lipinski definition) is 0. The summed E-state index contributed by atoms with van der Waals surface area (Å²) in [7, 11) is 0. The van der Waals surface area contributed by atoms with Crippen molar-refractivity contribution in [2.45, 2.75) is 65.7 Å². The van der Waals surface area contributed by atoms with Gasteiger partial charge in [0.05, 0.1) is 11.4 Å². The Hall–Kier alpha value is -7.20. The van der Waals surface area contributed by atoms with Crippen molar-refractivity contribution in [2.24, 2.45) is 0 Å². The van der Waals surface area contributed by atoms with Crippen LogP contribution in [0.1, 0.15) is 77.0 Å². The van der Waals surface area contributed by atoms with Crippen LogP contribution in [0.2, 0.25) is 0 Å². The summed E-state index contributed by atoms with van der Waals surface area (Å²) < 4.78 is 9.28. The molecule has 2 aromatic heterocycles. The average Bonchev–Trinajstić information content (AvgIpc) is 3.71. The second kappa shape index (κ2) is 19.5. The van der Waals surface area contributed by atoms with Crippen LogP contribution in [0.25, 0.3) is 61.0 Å². The molecule has 0 bridgehead atoms. The molecular weight excluding hydrogens is 1050 g/mol. The molecule has 0 aliphatic carbocycles. The Balaban J connectivity index is 0.00000582. The predicted octanol–water partition coefficient (Wildman–Crippen LogP) is 17.6. The molecule has 356 valence electrons. The zero-order chi connectivity index (χ0) is 48.1. The number of ether oxygens (including phenoxy) is 1. The molecule has 0 saturated carbocycles. The van der Waals surface area contributed by atoms with Crippen LogP contribution in [0.4, 0.5) is 22.7 Å². The van der Waals surface area contributed by atoms with Crippen LogP contribution in [-0.2, 0) is 26.5 Å². The molecule has 0 spiro atoms. The molecule has 0 fully saturated rings. The van der Waals surface area contributed by atoms with Gasteiger partial charge in [-0.25, -0.2) is 11.5 Å². The van der Waals surface area contributed by atoms with Gasteiger partial charge in [-0.3, -0.25) is 0 Å². The molecule has 6 heteroatoms. The standard InChI is InChI=1S/C65H57N4O.Pt/c1-43(2)52-25-18-26-53(44(3)4)63(52)47-38-49(41-51(39-47)70-50-32-33-57-56-24-14-15-29-58(56)69(61(57)42-50)62-40-48(34-35-66-62)65(5,6)7)67-36-37-68(60-31-17-16-30-59(60)67)64-54(45-20-10-8-11-21-45)27-19-28-55(64)46-22-12-9-13-23-46;/h8-36,38-40,43-44H,37H2,1-7H3;/q-3;. The Labute approximate surface area is 433 Å². The fourth-order valence-corrected chi connectivity index (χ4v) is 10.3. The van der Waals surface area contributed by atoms with Gasteiger partial charge in [-0.15, -0.1) is 47.0 Å². The quantitative estimate of drug-likeness (QED) is 0.128. The number of nitrogens with zero attached hydrogens (tertiary/aromatic N) is 4. The number of para-hydroxylation sites is 4. The van der Waals surface area contributed by atoms with Gasteiger partial charge >= 0.3 is 0 Å². The van der Waals surface area contributed by atoms with E-state index in [1.54, 1.807) is 0 Å². The molecular formula is C65H57N4OPt-3. The number of benzene rings is 8. The smallest absolute Gasteiger partial charge is 0.135 e. The van der Waals surface area contributed by atoms with Gasteiger partial charge in [-0.1, -0.05) is 188 Å². The summed E-state index contributed by atoms with van der Waals surface area (Å²) in [5.41, 5.74) is 17.0. The molecule has 5 nitrogen and oxygen atoms in total. The normalized spacial score (nSPS) is 12.7. The Kier molecular flexibility index (Phi) is 13.1. The Morgan fingerprint density at radius 2 is 1.20 bits per heavy atom. The minimum absolute atomic E-state index is 0. The number of hydrogen-bond acceptors (Lipinski definition) is 4. The third-order valence-corrected chi connectivity index (χ3v) is 13.7. The molecule has 10 aromatic rings. The maximum atomic E-state index is 7.06. The topological polar surface area (TPSA) is 33.5 Å². The molecule has 11 rings (SSSR count). The van der Waals surface area contributed by atoms with Crippen molar-refractivity contribution >= 4 is 44.6 Å². The van der Waals surface area contributed by atoms with E-state index < -0.39 is 0 Å². The molecule has 0 N–H and O–H groups in total. The van der Waals surface area contributed by atoms with Crippen molar-refractivity contribution in [3.8, 4) is 50.7 Å². The number of aromatic nitrogens is 2. The van der Waals surface area contributed by atoms with E-state index in [1.807, 2.05) is 12.3 Å². The molecule has 8 aromatic carbocycles. The van der Waals surface area contributed by atoms with Gasteiger partial charge in [0.15, 0.2) is 0 Å². The largest absolute Gasteiger partial charge is 0.511 e. The molecule has 0 saturated heterocycles. The summed E-state index contributed by atoms with van der Waals surface area (Å²) in [6, 6.07) is 72.7. The fourth-order valence-electron chi connectivity index (χ4n) is 10.3. The number of pyridine rings is 1. The molecule has 0 atom stereocenters. The number of rotatable bonds is 10. The SMILES string of the molecule is CC(C)c1cccc(C(C)C)c1-c1cc(Oc2[c-]c3c(cc2)c2ccccc2n3-c2cc(C(C)(C)C)ccn2)[c-]c(N2[CH-]CN(c3c(-c4ccccc4)cccc3-c3ccccc3)c3ccccc32)c1.[Pt]. The first kappa shape index (κ1) is 47.5. The first-order chi connectivity index (χ1) is 34.0. The van der Waals surface area contributed by atoms with E-state index in [9.17, 15) is 0 Å². The molecule has 0 amide bonds. The van der Waals surface area contributed by atoms with Gasteiger partial charge in [-0.05, 0) is 86.3 Å². The van der Waals surface area contributed by atoms with E-state index >= 15 is 0 Å². The van der Waals surface area contributed by atoms with Crippen LogP contribution in [-0.4, -0.2) is 16.1 Å². The van der Waals surface area contributed by atoms with Crippen LogP contribution in [0.15, 0.2) is 188 Å². The van der Waals surface area contributed by atoms with E-state index in [2.05, 4.69) is 257 Å². The van der Waals surface area contributed by atoms with E-state index in [1.165, 1.54) is 50.2 Å². The summed E-state index contributed by atoms with van der Waals surface area (Å²) in [5, 5.41) is 2.23. The predicted molar refractivity (Wildman–Crippen MR) is 292 cm³/mol. The maximum absolute atomic E-state index is 7.06. The summed E-state index contributed by atoms with van der Waals surface area (Å²) in [5.74, 6) is 2.66. The first-order valence-electron chi connectivity index (χ1n) is 24.6. The Bertz CT molecular complexity index is 3450. The molecule has 0 unspecified atom stereocenters. The second-order valence-electron chi connectivity index (χ2n) is 20.0. The van der Waals surface area contributed by atoms with Crippen molar-refractivity contribution in [3.05, 3.63) is 224 Å². The fraction of sp³-hybridized carbons (Fsp3) is 0.169. The van der Waals surface area contributed by atoms with Crippen molar-refractivity contribution in [3.63, 3.8) is 0 Å². The second-order valence-corrected chi connectivity index (χ2v) is 20.0. The zero-order valence-electron chi connectivity index (χ0n) is 41.4. The molecule has 3 heterocycles. The summed E-state index contributed by atoms with van der Waals surface area (Å²) in [6.45, 7) is 18.8. The van der Waals surface area contributed by atoms with E-state index in [0.29, 0.717) is 29.9 Å². The van der Waals surface area contributed by atoms with Crippen LogP contribution >= 0.6 is 0 Å². The average molecular weight is 1110 g/mol. The van der Waals surface area contributed by atoms with Crippen LogP contribution in [0.5, 0.6) is 11.5 Å². The minimum Gasteiger partial charge on any atom is -0.511 e. The van der Waals surface area contributed by atoms with Crippen molar-refractivity contribution in [1.29, 1.82) is 0 Å². The van der Waals surface area contributed by atoms with Gasteiger partial charge in [0.25, 0.3) is 0 Å². The van der Waals surface area contributed by atoms with Crippen molar-refractivity contribution in [2.75, 3.05) is 16.3 Å². The molecule has 0 radical (unpaired) electrons. The Morgan fingerprint density at radius 3 is 1.86 bits per heavy atom. The number of anilines is 4. The van der Waals surface area contributed by atoms with Crippen molar-refractivity contribution < 1.29 is 25.8 Å². The van der Waals surface area contributed by atoms with Gasteiger partial charge in [-0.2, -0.15) is 6.07 Å². The molecule has 1 aliphatic rings. The van der Waals surface area contributed by atoms with E-state index in [0.717, 1.165) is 50.2 Å². The number of fused-ring (bicyclic) bond motifs is 4. The third-order valence-electron chi connectivity index (χ3n) is 13.7. The summed E-state index contributed by atoms with van der Waals surface area (Å²) in [4.78, 5) is 9.71. The minimum atomic E-state index is -0.0427. The zero-order valence-corrected chi connectivity index (χ0v) is 43.6. The van der Waals surface area contributed by atoms with E-state index in [-0.39, 0.29) is 26.5 Å². The molecule has 71 heavy (non-hydrogen) atoms. The monoisotopic (exact) mass is 1100 g/mol. The van der Waals surface area contributed by atoms with Gasteiger partial charge in [0.2, 0.25) is 0 Å². The van der Waals surface area contributed by atoms with Crippen molar-refractivity contribution in [1.82, 2.24) is 9.55 Å². The Morgan fingerprint density at radius 1 is 0.577 bits per heavy atom. The van der Waals surface area contributed by atoms with Gasteiger partial charge < -0.3 is 19.1 Å². The maximum Gasteiger partial charge on any atom is 0.135 e. The van der Waals surface area contributed by atoms with Crippen LogP contribution in [0, 0.1) is 18.7 Å². The van der Waals surface area contributed by atoms with Crippen LogP contribution < -0.4 is 14.5 Å². The van der Waals surface area contributed by atoms with Crippen LogP contribution in [0.3, 0.4) is 0 Å². The van der Waals surface area contributed by atoms with Gasteiger partial charge in [0, 0.05) is 61.1 Å². The summed E-state index contributed by atoms with van der Waals surface area (Å²) in [6.07, 6.45) is 1.92. The molecule has 1 aliphatic heterocycles.